The fourth-order valence-corrected chi connectivity index (χ4v) is 2.73. The van der Waals surface area contributed by atoms with Crippen LogP contribution in [0.5, 0.6) is 0 Å². The van der Waals surface area contributed by atoms with Gasteiger partial charge in [0, 0.05) is 14.1 Å². The minimum absolute atomic E-state index is 0.0768. The molecule has 1 amide bonds. The number of nitriles is 1. The number of aryl methyl sites for hydroxylation is 1. The van der Waals surface area contributed by atoms with E-state index < -0.39 is 0 Å². The Hall–Kier alpha value is -3.07. The molecule has 1 aromatic carbocycles. The molecule has 0 unspecified atom stereocenters. The number of para-hydroxylation sites is 2. The van der Waals surface area contributed by atoms with Crippen LogP contribution in [0.25, 0.3) is 16.7 Å². The third-order valence-electron chi connectivity index (χ3n) is 3.92. The van der Waals surface area contributed by atoms with E-state index in [9.17, 15) is 10.1 Å². The molecule has 0 aliphatic rings. The monoisotopic (exact) mass is 307 g/mol. The summed E-state index contributed by atoms with van der Waals surface area (Å²) in [5.41, 5.74) is 3.75. The molecule has 0 atom stereocenters. The molecule has 2 aromatic heterocycles. The predicted octanol–water partition coefficient (Wildman–Crippen LogP) is 1.85. The average Bonchev–Trinajstić information content (AvgIpc) is 2.93. The highest BCUT2D eigenvalue weighted by Gasteiger charge is 2.18. The summed E-state index contributed by atoms with van der Waals surface area (Å²) >= 11 is 0. The van der Waals surface area contributed by atoms with Crippen LogP contribution >= 0.6 is 0 Å². The highest BCUT2D eigenvalue weighted by Crippen LogP contribution is 2.28. The van der Waals surface area contributed by atoms with E-state index in [1.165, 1.54) is 0 Å². The van der Waals surface area contributed by atoms with E-state index >= 15 is 0 Å². The van der Waals surface area contributed by atoms with Crippen LogP contribution in [0.1, 0.15) is 11.1 Å². The normalized spacial score (nSPS) is 10.7. The number of fused-ring (bicyclic) bond motifs is 3. The van der Waals surface area contributed by atoms with Crippen molar-refractivity contribution >= 4 is 28.4 Å². The van der Waals surface area contributed by atoms with Gasteiger partial charge >= 0.3 is 0 Å². The lowest BCUT2D eigenvalue weighted by molar-refractivity contribution is -0.119. The molecule has 116 valence electrons. The van der Waals surface area contributed by atoms with E-state index in [2.05, 4.69) is 16.4 Å². The lowest BCUT2D eigenvalue weighted by Gasteiger charge is -2.21. The number of carbonyl (C=O) groups is 1. The molecule has 3 aromatic rings. The first kappa shape index (κ1) is 14.9. The van der Waals surface area contributed by atoms with Gasteiger partial charge in [0.05, 0.1) is 23.1 Å². The molecule has 3 rings (SSSR count). The van der Waals surface area contributed by atoms with E-state index in [1.54, 1.807) is 7.05 Å². The number of benzene rings is 1. The number of hydrogen-bond donors (Lipinski definition) is 1. The number of hydrogen-bond acceptors (Lipinski definition) is 4. The second-order valence-corrected chi connectivity index (χ2v) is 5.46. The summed E-state index contributed by atoms with van der Waals surface area (Å²) < 4.78 is 1.93. The van der Waals surface area contributed by atoms with Gasteiger partial charge in [-0.05, 0) is 30.7 Å². The number of likely N-dealkylation sites (N-methyl/N-ethyl adjacent to an activating group) is 2. The molecule has 6 nitrogen and oxygen atoms in total. The second-order valence-electron chi connectivity index (χ2n) is 5.46. The van der Waals surface area contributed by atoms with E-state index in [1.807, 2.05) is 53.6 Å². The number of nitrogens with one attached hydrogen (secondary N) is 1. The molecule has 23 heavy (non-hydrogen) atoms. The predicted molar refractivity (Wildman–Crippen MR) is 89.5 cm³/mol. The van der Waals surface area contributed by atoms with Crippen LogP contribution in [0.3, 0.4) is 0 Å². The fourth-order valence-electron chi connectivity index (χ4n) is 2.73. The Bertz CT molecular complexity index is 951. The van der Waals surface area contributed by atoms with Crippen molar-refractivity contribution in [1.29, 1.82) is 5.26 Å². The van der Waals surface area contributed by atoms with Crippen molar-refractivity contribution in [3.05, 3.63) is 41.5 Å². The van der Waals surface area contributed by atoms with Crippen LogP contribution in [0.15, 0.2) is 30.3 Å². The van der Waals surface area contributed by atoms with Gasteiger partial charge in [-0.1, -0.05) is 12.1 Å². The van der Waals surface area contributed by atoms with E-state index in [0.29, 0.717) is 11.2 Å². The van der Waals surface area contributed by atoms with Crippen molar-refractivity contribution in [1.82, 2.24) is 14.7 Å². The molecular weight excluding hydrogens is 290 g/mol. The molecule has 0 aliphatic carbocycles. The average molecular weight is 307 g/mol. The van der Waals surface area contributed by atoms with Gasteiger partial charge in [-0.3, -0.25) is 9.20 Å². The number of rotatable bonds is 3. The van der Waals surface area contributed by atoms with Crippen molar-refractivity contribution in [3.63, 3.8) is 0 Å². The number of imidazole rings is 1. The van der Waals surface area contributed by atoms with E-state index in [0.717, 1.165) is 22.4 Å². The van der Waals surface area contributed by atoms with Crippen molar-refractivity contribution in [2.24, 2.45) is 0 Å². The maximum absolute atomic E-state index is 11.7. The van der Waals surface area contributed by atoms with Crippen molar-refractivity contribution < 1.29 is 4.79 Å². The molecule has 2 heterocycles. The zero-order valence-corrected chi connectivity index (χ0v) is 13.3. The van der Waals surface area contributed by atoms with Crippen molar-refractivity contribution in [2.75, 3.05) is 25.5 Å². The number of amides is 1. The van der Waals surface area contributed by atoms with Gasteiger partial charge in [-0.25, -0.2) is 4.98 Å². The largest absolute Gasteiger partial charge is 0.358 e. The third kappa shape index (κ3) is 2.36. The summed E-state index contributed by atoms with van der Waals surface area (Å²) in [6.45, 7) is 2.11. The van der Waals surface area contributed by atoms with Gasteiger partial charge in [0.1, 0.15) is 11.9 Å². The Morgan fingerprint density at radius 3 is 2.87 bits per heavy atom. The molecule has 0 saturated carbocycles. The lowest BCUT2D eigenvalue weighted by Crippen LogP contribution is -2.34. The minimum Gasteiger partial charge on any atom is -0.358 e. The smallest absolute Gasteiger partial charge is 0.239 e. The molecule has 0 saturated heterocycles. The van der Waals surface area contributed by atoms with Crippen LogP contribution in [0, 0.1) is 18.3 Å². The van der Waals surface area contributed by atoms with Gasteiger partial charge in [0.25, 0.3) is 0 Å². The Morgan fingerprint density at radius 1 is 1.43 bits per heavy atom. The molecule has 0 fully saturated rings. The van der Waals surface area contributed by atoms with Crippen LogP contribution in [-0.2, 0) is 4.79 Å². The van der Waals surface area contributed by atoms with Gasteiger partial charge in [-0.15, -0.1) is 0 Å². The number of anilines is 1. The summed E-state index contributed by atoms with van der Waals surface area (Å²) in [5.74, 6) is 0.751. The van der Waals surface area contributed by atoms with Crippen LogP contribution in [0.2, 0.25) is 0 Å². The van der Waals surface area contributed by atoms with E-state index in [-0.39, 0.29) is 12.5 Å². The summed E-state index contributed by atoms with van der Waals surface area (Å²) in [7, 11) is 3.46. The van der Waals surface area contributed by atoms with Crippen LogP contribution in [0.4, 0.5) is 5.82 Å². The zero-order valence-electron chi connectivity index (χ0n) is 13.3. The first-order valence-electron chi connectivity index (χ1n) is 7.29. The zero-order chi connectivity index (χ0) is 16.6. The Labute approximate surface area is 134 Å². The van der Waals surface area contributed by atoms with Crippen LogP contribution < -0.4 is 10.2 Å². The SMILES string of the molecule is CNC(=O)CN(C)c1cc(C)c(C#N)c2nc3ccccc3n12. The molecule has 0 bridgehead atoms. The molecule has 0 aliphatic heterocycles. The topological polar surface area (TPSA) is 73.4 Å². The number of nitrogens with zero attached hydrogens (tertiary/aromatic N) is 4. The summed E-state index contributed by atoms with van der Waals surface area (Å²) in [6.07, 6.45) is 0. The van der Waals surface area contributed by atoms with Crippen molar-refractivity contribution in [3.8, 4) is 6.07 Å². The maximum atomic E-state index is 11.7. The Balaban J connectivity index is 2.33. The molecule has 0 radical (unpaired) electrons. The van der Waals surface area contributed by atoms with Gasteiger partial charge in [0.15, 0.2) is 5.65 Å². The van der Waals surface area contributed by atoms with Gasteiger partial charge in [-0.2, -0.15) is 5.26 Å². The molecular formula is C17H17N5O. The fraction of sp³-hybridized carbons (Fsp3) is 0.235. The molecule has 1 N–H and O–H groups in total. The number of pyridine rings is 1. The van der Waals surface area contributed by atoms with Gasteiger partial charge in [0.2, 0.25) is 5.91 Å². The standard InChI is InChI=1S/C17H17N5O/c1-11-8-16(21(3)10-15(23)19-2)22-14-7-5-4-6-13(14)20-17(22)12(11)9-18/h4-8H,10H2,1-3H3,(H,19,23). The lowest BCUT2D eigenvalue weighted by atomic mass is 10.1. The third-order valence-corrected chi connectivity index (χ3v) is 3.92. The molecule has 0 spiro atoms. The van der Waals surface area contributed by atoms with Gasteiger partial charge < -0.3 is 10.2 Å². The highest BCUT2D eigenvalue weighted by atomic mass is 16.1. The molecule has 6 heteroatoms. The number of aromatic nitrogens is 2. The number of carbonyl (C=O) groups excluding carboxylic acids is 1. The highest BCUT2D eigenvalue weighted by molar-refractivity contribution is 5.86. The maximum Gasteiger partial charge on any atom is 0.239 e. The second kappa shape index (κ2) is 5.61. The summed E-state index contributed by atoms with van der Waals surface area (Å²) in [4.78, 5) is 18.2. The van der Waals surface area contributed by atoms with Crippen LogP contribution in [-0.4, -0.2) is 35.9 Å². The quantitative estimate of drug-likeness (QED) is 0.801. The minimum atomic E-state index is -0.0768. The first-order valence-corrected chi connectivity index (χ1v) is 7.29. The van der Waals surface area contributed by atoms with Crippen molar-refractivity contribution in [2.45, 2.75) is 6.92 Å². The summed E-state index contributed by atoms with van der Waals surface area (Å²) in [5, 5.41) is 12.1. The Kier molecular flexibility index (Phi) is 3.62. The van der Waals surface area contributed by atoms with E-state index in [4.69, 9.17) is 0 Å². The first-order chi connectivity index (χ1) is 11.1. The summed E-state index contributed by atoms with van der Waals surface area (Å²) in [6, 6.07) is 11.9. The Morgan fingerprint density at radius 2 is 2.17 bits per heavy atom.